The number of benzene rings is 2. The van der Waals surface area contributed by atoms with Gasteiger partial charge >= 0.3 is 6.03 Å². The number of carbonyl (C=O) groups excluding carboxylic acids is 2. The number of hydrogen-bond acceptors (Lipinski definition) is 7. The molecule has 10 heteroatoms. The topological polar surface area (TPSA) is 103 Å². The fraction of sp³-hybridized carbons (Fsp3) is 0.400. The van der Waals surface area contributed by atoms with Gasteiger partial charge in [0.25, 0.3) is 0 Å². The number of furan rings is 1. The van der Waals surface area contributed by atoms with E-state index in [4.69, 9.17) is 23.4 Å². The zero-order valence-corrected chi connectivity index (χ0v) is 23.7. The predicted octanol–water partition coefficient (Wildman–Crippen LogP) is 4.84. The van der Waals surface area contributed by atoms with E-state index in [1.807, 2.05) is 31.2 Å². The summed E-state index contributed by atoms with van der Waals surface area (Å²) in [6.45, 7) is 3.89. The molecule has 0 aliphatic carbocycles. The minimum absolute atomic E-state index is 0.0980. The Bertz CT molecular complexity index is 1180. The molecule has 0 atom stereocenters. The standard InChI is InChI=1S/C30H39N3O7/c1-5-39-25-12-10-24(11-13-25)31-30(35)33(16-7-18-36-2)22-29(34)32(21-26-8-6-19-40-26)17-15-23-9-14-27(37-3)28(20-23)38-4/h6,8-14,19-20H,5,7,15-18,21-22H2,1-4H3,(H,31,35). The number of nitrogens with zero attached hydrogens (tertiary/aromatic N) is 2. The molecule has 0 spiro atoms. The number of anilines is 1. The third-order valence-electron chi connectivity index (χ3n) is 6.20. The molecule has 0 bridgehead atoms. The summed E-state index contributed by atoms with van der Waals surface area (Å²) in [6, 6.07) is 16.0. The molecule has 0 fully saturated rings. The summed E-state index contributed by atoms with van der Waals surface area (Å²) in [5.74, 6) is 2.44. The van der Waals surface area contributed by atoms with Crippen molar-refractivity contribution in [2.75, 3.05) is 59.5 Å². The molecule has 40 heavy (non-hydrogen) atoms. The van der Waals surface area contributed by atoms with E-state index in [9.17, 15) is 9.59 Å². The van der Waals surface area contributed by atoms with Crippen LogP contribution in [0.3, 0.4) is 0 Å². The van der Waals surface area contributed by atoms with Gasteiger partial charge in [-0.15, -0.1) is 0 Å². The monoisotopic (exact) mass is 553 g/mol. The molecule has 0 saturated heterocycles. The van der Waals surface area contributed by atoms with Gasteiger partial charge in [0, 0.05) is 32.5 Å². The average Bonchev–Trinajstić information content (AvgIpc) is 3.49. The minimum atomic E-state index is -0.369. The number of nitrogens with one attached hydrogen (secondary N) is 1. The van der Waals surface area contributed by atoms with Crippen LogP contribution in [-0.4, -0.2) is 75.9 Å². The molecular formula is C30H39N3O7. The van der Waals surface area contributed by atoms with E-state index in [1.54, 1.807) is 62.8 Å². The first-order valence-electron chi connectivity index (χ1n) is 13.3. The first-order valence-corrected chi connectivity index (χ1v) is 13.3. The van der Waals surface area contributed by atoms with E-state index in [0.717, 1.165) is 11.3 Å². The van der Waals surface area contributed by atoms with Gasteiger partial charge in [-0.2, -0.15) is 0 Å². The van der Waals surface area contributed by atoms with Crippen LogP contribution in [0.1, 0.15) is 24.7 Å². The summed E-state index contributed by atoms with van der Waals surface area (Å²) >= 11 is 0. The maximum absolute atomic E-state index is 13.6. The molecule has 0 saturated carbocycles. The van der Waals surface area contributed by atoms with Gasteiger partial charge in [0.15, 0.2) is 11.5 Å². The zero-order chi connectivity index (χ0) is 28.7. The summed E-state index contributed by atoms with van der Waals surface area (Å²) < 4.78 is 26.9. The van der Waals surface area contributed by atoms with Gasteiger partial charge in [-0.3, -0.25) is 4.79 Å². The Morgan fingerprint density at radius 1 is 0.925 bits per heavy atom. The van der Waals surface area contributed by atoms with Crippen molar-refractivity contribution in [3.63, 3.8) is 0 Å². The van der Waals surface area contributed by atoms with Gasteiger partial charge in [0.2, 0.25) is 5.91 Å². The second kappa shape index (κ2) is 16.0. The lowest BCUT2D eigenvalue weighted by Crippen LogP contribution is -2.45. The van der Waals surface area contributed by atoms with E-state index in [1.165, 1.54) is 4.90 Å². The Labute approximate surface area is 235 Å². The molecule has 0 aliphatic heterocycles. The molecule has 216 valence electrons. The molecule has 1 aromatic heterocycles. The van der Waals surface area contributed by atoms with E-state index in [0.29, 0.717) is 62.1 Å². The largest absolute Gasteiger partial charge is 0.494 e. The van der Waals surface area contributed by atoms with Crippen molar-refractivity contribution in [2.24, 2.45) is 0 Å². The molecule has 3 rings (SSSR count). The quantitative estimate of drug-likeness (QED) is 0.253. The van der Waals surface area contributed by atoms with Crippen LogP contribution in [0.5, 0.6) is 17.2 Å². The molecule has 1 heterocycles. The summed E-state index contributed by atoms with van der Waals surface area (Å²) in [5, 5.41) is 2.89. The van der Waals surface area contributed by atoms with Crippen molar-refractivity contribution >= 4 is 17.6 Å². The first kappa shape index (κ1) is 30.4. The first-order chi connectivity index (χ1) is 19.5. The second-order valence-electron chi connectivity index (χ2n) is 8.99. The highest BCUT2D eigenvalue weighted by molar-refractivity contribution is 5.92. The minimum Gasteiger partial charge on any atom is -0.494 e. The van der Waals surface area contributed by atoms with E-state index < -0.39 is 0 Å². The van der Waals surface area contributed by atoms with Crippen molar-refractivity contribution < 1.29 is 33.0 Å². The fourth-order valence-corrected chi connectivity index (χ4v) is 4.10. The van der Waals surface area contributed by atoms with Gasteiger partial charge in [0.1, 0.15) is 18.1 Å². The lowest BCUT2D eigenvalue weighted by atomic mass is 10.1. The number of rotatable bonds is 16. The van der Waals surface area contributed by atoms with Gasteiger partial charge < -0.3 is 38.5 Å². The van der Waals surface area contributed by atoms with Crippen molar-refractivity contribution in [1.82, 2.24) is 9.80 Å². The van der Waals surface area contributed by atoms with E-state index >= 15 is 0 Å². The van der Waals surface area contributed by atoms with Crippen LogP contribution in [-0.2, 0) is 22.5 Å². The molecule has 0 radical (unpaired) electrons. The Morgan fingerprint density at radius 3 is 2.35 bits per heavy atom. The van der Waals surface area contributed by atoms with Crippen molar-refractivity contribution in [1.29, 1.82) is 0 Å². The van der Waals surface area contributed by atoms with E-state index in [2.05, 4.69) is 5.32 Å². The number of carbonyl (C=O) groups is 2. The van der Waals surface area contributed by atoms with Crippen molar-refractivity contribution in [3.8, 4) is 17.2 Å². The maximum Gasteiger partial charge on any atom is 0.322 e. The maximum atomic E-state index is 13.6. The highest BCUT2D eigenvalue weighted by Gasteiger charge is 2.22. The third-order valence-corrected chi connectivity index (χ3v) is 6.20. The highest BCUT2D eigenvalue weighted by atomic mass is 16.5. The van der Waals surface area contributed by atoms with Crippen molar-refractivity contribution in [2.45, 2.75) is 26.3 Å². The summed E-state index contributed by atoms with van der Waals surface area (Å²) in [5.41, 5.74) is 1.60. The summed E-state index contributed by atoms with van der Waals surface area (Å²) in [7, 11) is 4.78. The normalized spacial score (nSPS) is 10.6. The SMILES string of the molecule is CCOc1ccc(NC(=O)N(CCCOC)CC(=O)N(CCc2ccc(OC)c(OC)c2)Cc2ccco2)cc1. The lowest BCUT2D eigenvalue weighted by molar-refractivity contribution is -0.132. The second-order valence-corrected chi connectivity index (χ2v) is 8.99. The van der Waals surface area contributed by atoms with Crippen LogP contribution < -0.4 is 19.5 Å². The number of urea groups is 1. The average molecular weight is 554 g/mol. The molecule has 3 aromatic rings. The Morgan fingerprint density at radius 2 is 1.70 bits per heavy atom. The smallest absolute Gasteiger partial charge is 0.322 e. The Kier molecular flexibility index (Phi) is 12.2. The van der Waals surface area contributed by atoms with Crippen LogP contribution in [0.2, 0.25) is 0 Å². The van der Waals surface area contributed by atoms with Crippen LogP contribution in [0.25, 0.3) is 0 Å². The highest BCUT2D eigenvalue weighted by Crippen LogP contribution is 2.28. The van der Waals surface area contributed by atoms with Gasteiger partial charge in [-0.1, -0.05) is 6.07 Å². The summed E-state index contributed by atoms with van der Waals surface area (Å²) in [6.07, 6.45) is 2.74. The molecule has 3 amide bonds. The number of amides is 3. The molecule has 2 aromatic carbocycles. The van der Waals surface area contributed by atoms with Gasteiger partial charge in [0.05, 0.1) is 33.6 Å². The Hall–Kier alpha value is -4.18. The van der Waals surface area contributed by atoms with Crippen LogP contribution >= 0.6 is 0 Å². The zero-order valence-electron chi connectivity index (χ0n) is 23.7. The molecule has 0 unspecified atom stereocenters. The van der Waals surface area contributed by atoms with Crippen LogP contribution in [0.15, 0.2) is 65.3 Å². The van der Waals surface area contributed by atoms with Crippen LogP contribution in [0.4, 0.5) is 10.5 Å². The van der Waals surface area contributed by atoms with Crippen LogP contribution in [0, 0.1) is 0 Å². The van der Waals surface area contributed by atoms with E-state index in [-0.39, 0.29) is 25.0 Å². The molecule has 1 N–H and O–H groups in total. The van der Waals surface area contributed by atoms with Crippen molar-refractivity contribution in [3.05, 3.63) is 72.2 Å². The third kappa shape index (κ3) is 9.23. The molecular weight excluding hydrogens is 514 g/mol. The number of ether oxygens (including phenoxy) is 4. The summed E-state index contributed by atoms with van der Waals surface area (Å²) in [4.78, 5) is 30.0. The Balaban J connectivity index is 1.72. The number of hydrogen-bond donors (Lipinski definition) is 1. The van der Waals surface area contributed by atoms with Gasteiger partial charge in [-0.05, 0) is 73.9 Å². The fourth-order valence-electron chi connectivity index (χ4n) is 4.10. The molecule has 0 aliphatic rings. The lowest BCUT2D eigenvalue weighted by Gasteiger charge is -2.27. The molecule has 10 nitrogen and oxygen atoms in total. The number of methoxy groups -OCH3 is 3. The predicted molar refractivity (Wildman–Crippen MR) is 152 cm³/mol. The van der Waals surface area contributed by atoms with Gasteiger partial charge in [-0.25, -0.2) is 4.79 Å².